The third-order valence-corrected chi connectivity index (χ3v) is 4.32. The van der Waals surface area contributed by atoms with Crippen LogP contribution in [0.5, 0.6) is 0 Å². The van der Waals surface area contributed by atoms with Crippen molar-refractivity contribution in [1.82, 2.24) is 15.1 Å². The van der Waals surface area contributed by atoms with E-state index in [1.807, 2.05) is 6.08 Å². The van der Waals surface area contributed by atoms with Crippen LogP contribution < -0.4 is 5.32 Å². The maximum absolute atomic E-state index is 4.91. The number of nitrogens with zero attached hydrogens (tertiary/aromatic N) is 3. The second-order valence-corrected chi connectivity index (χ2v) is 7.21. The molecule has 1 unspecified atom stereocenters. The first-order valence-corrected chi connectivity index (χ1v) is 9.39. The molecule has 0 aromatic heterocycles. The number of unbranched alkanes of at least 4 members (excludes halogenated alkanes) is 1. The molecule has 1 fully saturated rings. The Labute approximate surface area is 167 Å². The Hall–Kier alpha value is -0.300. The molecule has 0 saturated carbocycles. The van der Waals surface area contributed by atoms with Crippen LogP contribution in [0.1, 0.15) is 46.5 Å². The average molecular weight is 450 g/mol. The quantitative estimate of drug-likeness (QED) is 0.190. The van der Waals surface area contributed by atoms with Crippen molar-refractivity contribution in [3.8, 4) is 0 Å². The van der Waals surface area contributed by atoms with E-state index in [2.05, 4.69) is 49.5 Å². The monoisotopic (exact) mass is 450 g/mol. The van der Waals surface area contributed by atoms with Gasteiger partial charge in [-0.05, 0) is 51.0 Å². The molecule has 0 amide bonds. The fourth-order valence-electron chi connectivity index (χ4n) is 3.25. The number of aliphatic imine (C=N–C) groups is 1. The van der Waals surface area contributed by atoms with Gasteiger partial charge in [0, 0.05) is 39.8 Å². The zero-order valence-electron chi connectivity index (χ0n) is 16.3. The first-order valence-electron chi connectivity index (χ1n) is 9.39. The molecular weight excluding hydrogens is 411 g/mol. The Kier molecular flexibility index (Phi) is 13.8. The van der Waals surface area contributed by atoms with E-state index >= 15 is 0 Å². The third-order valence-electron chi connectivity index (χ3n) is 4.32. The van der Waals surface area contributed by atoms with Crippen molar-refractivity contribution in [1.29, 1.82) is 0 Å². The standard InChI is InChI=1S/C19H38N4.HI/c1-6-8-9-12-22(5)19(20-7-2)21-14-18-11-10-13-23(16-18)15-17(3)4;/h6,17-18H,1,7-16H2,2-5H3,(H,20,21);1H. The fraction of sp³-hybridized carbons (Fsp3) is 0.842. The van der Waals surface area contributed by atoms with Crippen molar-refractivity contribution in [2.75, 3.05) is 46.3 Å². The van der Waals surface area contributed by atoms with Crippen molar-refractivity contribution in [3.63, 3.8) is 0 Å². The molecule has 4 nitrogen and oxygen atoms in total. The number of nitrogens with one attached hydrogen (secondary N) is 1. The second-order valence-electron chi connectivity index (χ2n) is 7.21. The van der Waals surface area contributed by atoms with Crippen molar-refractivity contribution in [3.05, 3.63) is 12.7 Å². The van der Waals surface area contributed by atoms with E-state index < -0.39 is 0 Å². The highest BCUT2D eigenvalue weighted by Gasteiger charge is 2.20. The normalized spacial score (nSPS) is 19.0. The highest BCUT2D eigenvalue weighted by molar-refractivity contribution is 14.0. The molecule has 0 aromatic rings. The number of likely N-dealkylation sites (tertiary alicyclic amines) is 1. The van der Waals surface area contributed by atoms with E-state index in [9.17, 15) is 0 Å². The molecule has 1 saturated heterocycles. The molecule has 0 spiro atoms. The van der Waals surface area contributed by atoms with Crippen LogP contribution in [-0.2, 0) is 0 Å². The molecule has 1 heterocycles. The zero-order valence-corrected chi connectivity index (χ0v) is 18.6. The molecular formula is C19H39IN4. The summed E-state index contributed by atoms with van der Waals surface area (Å²) >= 11 is 0. The van der Waals surface area contributed by atoms with E-state index in [0.717, 1.165) is 44.4 Å². The number of halogens is 1. The molecule has 1 aliphatic rings. The molecule has 1 aliphatic heterocycles. The molecule has 1 N–H and O–H groups in total. The second kappa shape index (κ2) is 13.9. The maximum Gasteiger partial charge on any atom is 0.193 e. The maximum atomic E-state index is 4.91. The first-order chi connectivity index (χ1) is 11.1. The minimum absolute atomic E-state index is 0. The van der Waals surface area contributed by atoms with Gasteiger partial charge in [-0.2, -0.15) is 0 Å². The molecule has 142 valence electrons. The fourth-order valence-corrected chi connectivity index (χ4v) is 3.25. The van der Waals surface area contributed by atoms with Gasteiger partial charge in [0.2, 0.25) is 0 Å². The Bertz CT molecular complexity index is 357. The Morgan fingerprint density at radius 3 is 2.83 bits per heavy atom. The number of hydrogen-bond donors (Lipinski definition) is 1. The van der Waals surface area contributed by atoms with Gasteiger partial charge in [0.1, 0.15) is 0 Å². The highest BCUT2D eigenvalue weighted by Crippen LogP contribution is 2.18. The number of hydrogen-bond acceptors (Lipinski definition) is 2. The summed E-state index contributed by atoms with van der Waals surface area (Å²) in [7, 11) is 2.14. The predicted octanol–water partition coefficient (Wildman–Crippen LogP) is 3.84. The van der Waals surface area contributed by atoms with E-state index in [-0.39, 0.29) is 24.0 Å². The van der Waals surface area contributed by atoms with Gasteiger partial charge in [0.25, 0.3) is 0 Å². The third kappa shape index (κ3) is 9.87. The molecule has 24 heavy (non-hydrogen) atoms. The van der Waals surface area contributed by atoms with Gasteiger partial charge < -0.3 is 15.1 Å². The van der Waals surface area contributed by atoms with Gasteiger partial charge in [0.05, 0.1) is 0 Å². The summed E-state index contributed by atoms with van der Waals surface area (Å²) in [5, 5.41) is 3.43. The smallest absolute Gasteiger partial charge is 0.193 e. The van der Waals surface area contributed by atoms with Crippen molar-refractivity contribution in [2.24, 2.45) is 16.8 Å². The minimum atomic E-state index is 0. The molecule has 1 atom stereocenters. The van der Waals surface area contributed by atoms with E-state index in [1.54, 1.807) is 0 Å². The molecule has 5 heteroatoms. The number of allylic oxidation sites excluding steroid dienone is 1. The van der Waals surface area contributed by atoms with Crippen LogP contribution in [0.4, 0.5) is 0 Å². The lowest BCUT2D eigenvalue weighted by atomic mass is 9.97. The van der Waals surface area contributed by atoms with E-state index in [1.165, 1.54) is 32.5 Å². The largest absolute Gasteiger partial charge is 0.357 e. The van der Waals surface area contributed by atoms with Gasteiger partial charge in [-0.1, -0.05) is 19.9 Å². The topological polar surface area (TPSA) is 30.9 Å². The van der Waals surface area contributed by atoms with Crippen molar-refractivity contribution < 1.29 is 0 Å². The van der Waals surface area contributed by atoms with Crippen molar-refractivity contribution >= 4 is 29.9 Å². The van der Waals surface area contributed by atoms with Crippen LogP contribution in [0, 0.1) is 11.8 Å². The Balaban J connectivity index is 0.00000529. The molecule has 0 radical (unpaired) electrons. The lowest BCUT2D eigenvalue weighted by molar-refractivity contribution is 0.162. The summed E-state index contributed by atoms with van der Waals surface area (Å²) in [5.74, 6) is 2.51. The van der Waals surface area contributed by atoms with Gasteiger partial charge >= 0.3 is 0 Å². The SMILES string of the molecule is C=CCCCN(C)C(=NCC1CCCN(CC(C)C)C1)NCC.I. The van der Waals surface area contributed by atoms with Gasteiger partial charge in [0.15, 0.2) is 5.96 Å². The molecule has 0 aliphatic carbocycles. The Morgan fingerprint density at radius 2 is 2.21 bits per heavy atom. The number of guanidine groups is 1. The predicted molar refractivity (Wildman–Crippen MR) is 117 cm³/mol. The van der Waals surface area contributed by atoms with Crippen LogP contribution in [0.25, 0.3) is 0 Å². The minimum Gasteiger partial charge on any atom is -0.357 e. The van der Waals surface area contributed by atoms with Gasteiger partial charge in [-0.3, -0.25) is 4.99 Å². The highest BCUT2D eigenvalue weighted by atomic mass is 127. The molecule has 0 bridgehead atoms. The first kappa shape index (κ1) is 23.7. The van der Waals surface area contributed by atoms with Crippen LogP contribution in [-0.4, -0.2) is 62.1 Å². The zero-order chi connectivity index (χ0) is 17.1. The lowest BCUT2D eigenvalue weighted by Gasteiger charge is -2.33. The van der Waals surface area contributed by atoms with Crippen LogP contribution in [0.3, 0.4) is 0 Å². The van der Waals surface area contributed by atoms with Crippen LogP contribution in [0.15, 0.2) is 17.6 Å². The average Bonchev–Trinajstić information content (AvgIpc) is 2.51. The summed E-state index contributed by atoms with van der Waals surface area (Å²) < 4.78 is 0. The summed E-state index contributed by atoms with van der Waals surface area (Å²) in [5.41, 5.74) is 0. The van der Waals surface area contributed by atoms with E-state index in [4.69, 9.17) is 4.99 Å². The lowest BCUT2D eigenvalue weighted by Crippen LogP contribution is -2.41. The van der Waals surface area contributed by atoms with Crippen molar-refractivity contribution in [2.45, 2.75) is 46.5 Å². The summed E-state index contributed by atoms with van der Waals surface area (Å²) in [6.07, 6.45) is 6.83. The number of piperidine rings is 1. The molecule has 1 rings (SSSR count). The molecule has 0 aromatic carbocycles. The van der Waals surface area contributed by atoms with E-state index in [0.29, 0.717) is 5.92 Å². The van der Waals surface area contributed by atoms with Gasteiger partial charge in [-0.15, -0.1) is 30.6 Å². The number of rotatable bonds is 9. The summed E-state index contributed by atoms with van der Waals surface area (Å²) in [6.45, 7) is 17.1. The summed E-state index contributed by atoms with van der Waals surface area (Å²) in [6, 6.07) is 0. The Morgan fingerprint density at radius 1 is 1.46 bits per heavy atom. The van der Waals surface area contributed by atoms with Crippen LogP contribution in [0.2, 0.25) is 0 Å². The summed E-state index contributed by atoms with van der Waals surface area (Å²) in [4.78, 5) is 9.78. The van der Waals surface area contributed by atoms with Gasteiger partial charge in [-0.25, -0.2) is 0 Å². The van der Waals surface area contributed by atoms with Crippen LogP contribution >= 0.6 is 24.0 Å².